The smallest absolute Gasteiger partial charge is 0.335 e. The minimum Gasteiger partial charge on any atom is -0.481 e. The van der Waals surface area contributed by atoms with Crippen molar-refractivity contribution < 1.29 is 29.4 Å². The number of hydrogen-bond donors (Lipinski definition) is 2. The molecule has 0 saturated heterocycles. The summed E-state index contributed by atoms with van der Waals surface area (Å²) in [6, 6.07) is 4.01. The maximum atomic E-state index is 12.4. The van der Waals surface area contributed by atoms with Gasteiger partial charge < -0.3 is 10.2 Å². The van der Waals surface area contributed by atoms with Gasteiger partial charge in [-0.3, -0.25) is 19.3 Å². The molecule has 0 radical (unpaired) electrons. The average molecular weight is 375 g/mol. The Morgan fingerprint density at radius 3 is 1.93 bits per heavy atom. The number of fused-ring (bicyclic) bond motifs is 1. The molecular weight excluding hydrogens is 350 g/mol. The first-order valence-corrected chi connectivity index (χ1v) is 9.37. The second kappa shape index (κ2) is 9.85. The van der Waals surface area contributed by atoms with E-state index in [0.29, 0.717) is 6.54 Å². The highest BCUT2D eigenvalue weighted by Gasteiger charge is 2.35. The molecule has 7 nitrogen and oxygen atoms in total. The number of nitrogens with zero attached hydrogens (tertiary/aromatic N) is 1. The lowest BCUT2D eigenvalue weighted by Gasteiger charge is -2.13. The molecule has 0 atom stereocenters. The van der Waals surface area contributed by atoms with E-state index in [1.54, 1.807) is 0 Å². The highest BCUT2D eigenvalue weighted by atomic mass is 16.4. The summed E-state index contributed by atoms with van der Waals surface area (Å²) in [4.78, 5) is 47.3. The summed E-state index contributed by atoms with van der Waals surface area (Å²) in [5.41, 5.74) is 0.438. The zero-order valence-corrected chi connectivity index (χ0v) is 15.3. The molecule has 7 heteroatoms. The predicted octanol–water partition coefficient (Wildman–Crippen LogP) is 3.58. The van der Waals surface area contributed by atoms with E-state index in [1.165, 1.54) is 23.1 Å². The molecule has 0 spiro atoms. The van der Waals surface area contributed by atoms with Crippen molar-refractivity contribution in [2.45, 2.75) is 57.8 Å². The van der Waals surface area contributed by atoms with Crippen molar-refractivity contribution in [2.75, 3.05) is 6.54 Å². The minimum absolute atomic E-state index is 0.0000969. The molecule has 0 unspecified atom stereocenters. The quantitative estimate of drug-likeness (QED) is 0.427. The number of aliphatic carboxylic acids is 1. The van der Waals surface area contributed by atoms with Crippen molar-refractivity contribution in [1.82, 2.24) is 4.90 Å². The summed E-state index contributed by atoms with van der Waals surface area (Å²) >= 11 is 0. The van der Waals surface area contributed by atoms with Crippen molar-refractivity contribution in [3.63, 3.8) is 0 Å². The number of unbranched alkanes of at least 4 members (excludes halogenated alkanes) is 7. The first-order valence-electron chi connectivity index (χ1n) is 9.37. The van der Waals surface area contributed by atoms with Crippen molar-refractivity contribution in [3.05, 3.63) is 34.9 Å². The van der Waals surface area contributed by atoms with Crippen molar-refractivity contribution in [2.24, 2.45) is 0 Å². The average Bonchev–Trinajstić information content (AvgIpc) is 2.87. The van der Waals surface area contributed by atoms with Gasteiger partial charge in [-0.15, -0.1) is 0 Å². The first kappa shape index (κ1) is 20.6. The molecule has 2 N–H and O–H groups in total. The van der Waals surface area contributed by atoms with Crippen LogP contribution in [0.2, 0.25) is 0 Å². The lowest BCUT2D eigenvalue weighted by molar-refractivity contribution is -0.137. The molecular formula is C20H25NO6. The van der Waals surface area contributed by atoms with E-state index < -0.39 is 17.8 Å². The fraction of sp³-hybridized carbons (Fsp3) is 0.500. The van der Waals surface area contributed by atoms with Crippen LogP contribution in [0.15, 0.2) is 18.2 Å². The van der Waals surface area contributed by atoms with Gasteiger partial charge >= 0.3 is 11.9 Å². The third-order valence-electron chi connectivity index (χ3n) is 4.74. The zero-order valence-electron chi connectivity index (χ0n) is 15.3. The van der Waals surface area contributed by atoms with E-state index in [1.807, 2.05) is 0 Å². The number of aromatic carboxylic acids is 1. The van der Waals surface area contributed by atoms with E-state index in [-0.39, 0.29) is 29.0 Å². The molecule has 146 valence electrons. The van der Waals surface area contributed by atoms with Crippen molar-refractivity contribution in [3.8, 4) is 0 Å². The van der Waals surface area contributed by atoms with Gasteiger partial charge in [-0.25, -0.2) is 4.79 Å². The van der Waals surface area contributed by atoms with Gasteiger partial charge in [0.25, 0.3) is 11.8 Å². The Morgan fingerprint density at radius 2 is 1.33 bits per heavy atom. The van der Waals surface area contributed by atoms with E-state index in [9.17, 15) is 19.2 Å². The topological polar surface area (TPSA) is 112 Å². The molecule has 1 aliphatic rings. The van der Waals surface area contributed by atoms with Gasteiger partial charge in [-0.2, -0.15) is 0 Å². The molecule has 27 heavy (non-hydrogen) atoms. The summed E-state index contributed by atoms with van der Waals surface area (Å²) in [6.45, 7) is 0.341. The van der Waals surface area contributed by atoms with Crippen LogP contribution in [-0.4, -0.2) is 45.4 Å². The Hall–Kier alpha value is -2.70. The Kier molecular flexibility index (Phi) is 7.52. The monoisotopic (exact) mass is 375 g/mol. The summed E-state index contributed by atoms with van der Waals surface area (Å²) in [6.07, 6.45) is 7.65. The third kappa shape index (κ3) is 5.64. The number of carboxylic acids is 2. The van der Waals surface area contributed by atoms with Gasteiger partial charge in [0.1, 0.15) is 0 Å². The lowest BCUT2D eigenvalue weighted by atomic mass is 10.1. The van der Waals surface area contributed by atoms with Crippen LogP contribution in [0.1, 0.15) is 88.9 Å². The third-order valence-corrected chi connectivity index (χ3v) is 4.74. The van der Waals surface area contributed by atoms with Crippen LogP contribution in [0.3, 0.4) is 0 Å². The molecule has 0 fully saturated rings. The number of carboxylic acid groups (broad SMARTS) is 2. The highest BCUT2D eigenvalue weighted by molar-refractivity contribution is 6.21. The molecule has 1 aromatic carbocycles. The van der Waals surface area contributed by atoms with Crippen LogP contribution in [-0.2, 0) is 4.79 Å². The Morgan fingerprint density at radius 1 is 0.778 bits per heavy atom. The summed E-state index contributed by atoms with van der Waals surface area (Å²) in [5.74, 6) is -2.65. The van der Waals surface area contributed by atoms with Gasteiger partial charge in [-0.1, -0.05) is 38.5 Å². The number of hydrogen-bond acceptors (Lipinski definition) is 4. The second-order valence-electron chi connectivity index (χ2n) is 6.80. The second-order valence-corrected chi connectivity index (χ2v) is 6.80. The molecule has 1 aliphatic heterocycles. The van der Waals surface area contributed by atoms with Crippen LogP contribution in [0.25, 0.3) is 0 Å². The van der Waals surface area contributed by atoms with Gasteiger partial charge in [-0.05, 0) is 31.0 Å². The summed E-state index contributed by atoms with van der Waals surface area (Å²) in [7, 11) is 0. The van der Waals surface area contributed by atoms with Gasteiger partial charge in [0.05, 0.1) is 16.7 Å². The van der Waals surface area contributed by atoms with Crippen molar-refractivity contribution >= 4 is 23.8 Å². The van der Waals surface area contributed by atoms with Crippen LogP contribution in [0.4, 0.5) is 0 Å². The number of imide groups is 1. The predicted molar refractivity (Wildman–Crippen MR) is 98.0 cm³/mol. The highest BCUT2D eigenvalue weighted by Crippen LogP contribution is 2.24. The molecule has 1 aromatic rings. The SMILES string of the molecule is O=C(O)CCCCCCCCCCN1C(=O)c2ccc(C(=O)O)cc2C1=O. The maximum absolute atomic E-state index is 12.4. The molecule has 0 aliphatic carbocycles. The van der Waals surface area contributed by atoms with E-state index in [0.717, 1.165) is 51.4 Å². The number of rotatable bonds is 12. The molecule has 2 rings (SSSR count). The minimum atomic E-state index is -1.13. The number of amides is 2. The Labute approximate surface area is 158 Å². The van der Waals surface area contributed by atoms with Gasteiger partial charge in [0.15, 0.2) is 0 Å². The van der Waals surface area contributed by atoms with E-state index in [4.69, 9.17) is 10.2 Å². The van der Waals surface area contributed by atoms with Crippen LogP contribution in [0, 0.1) is 0 Å². The fourth-order valence-electron chi connectivity index (χ4n) is 3.23. The number of carbonyl (C=O) groups is 4. The first-order chi connectivity index (χ1) is 12.9. The van der Waals surface area contributed by atoms with Gasteiger partial charge in [0.2, 0.25) is 0 Å². The summed E-state index contributed by atoms with van der Waals surface area (Å²) < 4.78 is 0. The van der Waals surface area contributed by atoms with E-state index in [2.05, 4.69) is 0 Å². The molecule has 1 heterocycles. The Balaban J connectivity index is 1.67. The molecule has 0 saturated carbocycles. The van der Waals surface area contributed by atoms with Crippen LogP contribution in [0.5, 0.6) is 0 Å². The number of benzene rings is 1. The molecule has 0 bridgehead atoms. The molecule has 2 amide bonds. The number of carbonyl (C=O) groups excluding carboxylic acids is 2. The lowest BCUT2D eigenvalue weighted by Crippen LogP contribution is -2.30. The zero-order chi connectivity index (χ0) is 19.8. The largest absolute Gasteiger partial charge is 0.481 e. The molecule has 0 aromatic heterocycles. The normalized spacial score (nSPS) is 13.1. The fourth-order valence-corrected chi connectivity index (χ4v) is 3.23. The van der Waals surface area contributed by atoms with Crippen LogP contribution >= 0.6 is 0 Å². The van der Waals surface area contributed by atoms with Crippen LogP contribution < -0.4 is 0 Å². The maximum Gasteiger partial charge on any atom is 0.335 e. The van der Waals surface area contributed by atoms with Gasteiger partial charge in [0, 0.05) is 13.0 Å². The standard InChI is InChI=1S/C20H25NO6/c22-17(23)9-7-5-3-1-2-4-6-8-12-21-18(24)15-11-10-14(20(26)27)13-16(15)19(21)25/h10-11,13H,1-9,12H2,(H,22,23)(H,26,27). The Bertz CT molecular complexity index is 727. The summed E-state index contributed by atoms with van der Waals surface area (Å²) in [5, 5.41) is 17.6. The van der Waals surface area contributed by atoms with Crippen molar-refractivity contribution in [1.29, 1.82) is 0 Å². The van der Waals surface area contributed by atoms with E-state index >= 15 is 0 Å².